The van der Waals surface area contributed by atoms with E-state index in [2.05, 4.69) is 51.5 Å². The van der Waals surface area contributed by atoms with Gasteiger partial charge in [0, 0.05) is 23.1 Å². The summed E-state index contributed by atoms with van der Waals surface area (Å²) in [4.78, 5) is 0. The summed E-state index contributed by atoms with van der Waals surface area (Å²) in [5, 5.41) is 14.6. The lowest BCUT2D eigenvalue weighted by atomic mass is 10.2. The fourth-order valence-corrected chi connectivity index (χ4v) is 1.80. The van der Waals surface area contributed by atoms with Crippen LogP contribution in [0.2, 0.25) is 0 Å². The molecule has 0 bridgehead atoms. The van der Waals surface area contributed by atoms with Crippen LogP contribution in [0, 0.1) is 6.92 Å². The fraction of sp³-hybridized carbons (Fsp3) is 0.417. The Morgan fingerprint density at radius 2 is 2.24 bits per heavy atom. The van der Waals surface area contributed by atoms with Gasteiger partial charge in [0.1, 0.15) is 5.84 Å². The van der Waals surface area contributed by atoms with E-state index in [-0.39, 0.29) is 0 Å². The lowest BCUT2D eigenvalue weighted by Crippen LogP contribution is -2.11. The molecule has 4 N–H and O–H groups in total. The molecule has 1 aromatic carbocycles. The Hall–Kier alpha value is -1.23. The first-order valence-corrected chi connectivity index (χ1v) is 6.39. The molecule has 0 radical (unpaired) electrons. The maximum Gasteiger partial charge on any atom is 0.139 e. The normalized spacial score (nSPS) is 11.5. The Morgan fingerprint density at radius 1 is 1.47 bits per heavy atom. The molecule has 17 heavy (non-hydrogen) atoms. The van der Waals surface area contributed by atoms with Gasteiger partial charge in [0.2, 0.25) is 0 Å². The van der Waals surface area contributed by atoms with E-state index in [4.69, 9.17) is 10.9 Å². The molecule has 5 heteroatoms. The van der Waals surface area contributed by atoms with Crippen LogP contribution in [0.3, 0.4) is 0 Å². The van der Waals surface area contributed by atoms with E-state index in [0.29, 0.717) is 12.3 Å². The molecule has 1 rings (SSSR count). The second-order valence-electron chi connectivity index (χ2n) is 3.94. The monoisotopic (exact) mass is 299 g/mol. The lowest BCUT2D eigenvalue weighted by Gasteiger charge is -2.07. The zero-order valence-corrected chi connectivity index (χ0v) is 11.5. The summed E-state index contributed by atoms with van der Waals surface area (Å²) >= 11 is 3.50. The molecular formula is C12H18BrN3O. The molecule has 0 fully saturated rings. The van der Waals surface area contributed by atoms with Crippen molar-refractivity contribution in [3.05, 3.63) is 28.2 Å². The molecule has 0 saturated heterocycles. The highest BCUT2D eigenvalue weighted by atomic mass is 79.9. The second kappa shape index (κ2) is 7.17. The number of aryl methyl sites for hydroxylation is 1. The zero-order valence-electron chi connectivity index (χ0n) is 9.91. The number of halogens is 1. The zero-order chi connectivity index (χ0) is 12.7. The molecule has 0 aliphatic carbocycles. The average Bonchev–Trinajstić information content (AvgIpc) is 2.33. The second-order valence-corrected chi connectivity index (χ2v) is 4.79. The van der Waals surface area contributed by atoms with Gasteiger partial charge in [0.15, 0.2) is 0 Å². The first kappa shape index (κ1) is 13.8. The van der Waals surface area contributed by atoms with Crippen molar-refractivity contribution in [3.63, 3.8) is 0 Å². The van der Waals surface area contributed by atoms with E-state index in [0.717, 1.165) is 29.5 Å². The molecule has 0 unspecified atom stereocenters. The fourth-order valence-electron chi connectivity index (χ4n) is 1.42. The van der Waals surface area contributed by atoms with Crippen LogP contribution >= 0.6 is 15.9 Å². The smallest absolute Gasteiger partial charge is 0.139 e. The highest BCUT2D eigenvalue weighted by molar-refractivity contribution is 9.10. The average molecular weight is 300 g/mol. The summed E-state index contributed by atoms with van der Waals surface area (Å²) in [6.07, 6.45) is 2.54. The van der Waals surface area contributed by atoms with Crippen molar-refractivity contribution in [1.82, 2.24) is 0 Å². The summed E-state index contributed by atoms with van der Waals surface area (Å²) in [5.74, 6) is 0.295. The predicted molar refractivity (Wildman–Crippen MR) is 74.6 cm³/mol. The molecule has 1 aromatic rings. The lowest BCUT2D eigenvalue weighted by molar-refractivity contribution is 0.316. The van der Waals surface area contributed by atoms with Crippen molar-refractivity contribution >= 4 is 27.5 Å². The first-order chi connectivity index (χ1) is 8.13. The van der Waals surface area contributed by atoms with E-state index in [9.17, 15) is 0 Å². The van der Waals surface area contributed by atoms with Gasteiger partial charge in [-0.1, -0.05) is 27.2 Å². The van der Waals surface area contributed by atoms with E-state index in [1.165, 1.54) is 5.56 Å². The van der Waals surface area contributed by atoms with Crippen LogP contribution in [0.15, 0.2) is 27.8 Å². The number of anilines is 1. The van der Waals surface area contributed by atoms with Crippen molar-refractivity contribution in [2.24, 2.45) is 10.9 Å². The van der Waals surface area contributed by atoms with Crippen molar-refractivity contribution in [1.29, 1.82) is 0 Å². The molecule has 0 aliphatic rings. The van der Waals surface area contributed by atoms with Gasteiger partial charge in [-0.25, -0.2) is 0 Å². The van der Waals surface area contributed by atoms with E-state index >= 15 is 0 Å². The Morgan fingerprint density at radius 3 is 2.88 bits per heavy atom. The predicted octanol–water partition coefficient (Wildman–Crippen LogP) is 3.09. The topological polar surface area (TPSA) is 70.6 Å². The highest BCUT2D eigenvalue weighted by Crippen LogP contribution is 2.20. The number of benzene rings is 1. The molecule has 0 amide bonds. The molecular weight excluding hydrogens is 282 g/mol. The highest BCUT2D eigenvalue weighted by Gasteiger charge is 1.97. The van der Waals surface area contributed by atoms with Crippen LogP contribution in [0.4, 0.5) is 5.69 Å². The van der Waals surface area contributed by atoms with Crippen molar-refractivity contribution in [2.75, 3.05) is 11.9 Å². The maximum atomic E-state index is 8.37. The van der Waals surface area contributed by atoms with Crippen LogP contribution in [-0.4, -0.2) is 17.6 Å². The summed E-state index contributed by atoms with van der Waals surface area (Å²) in [5.41, 5.74) is 7.70. The molecule has 0 aromatic heterocycles. The standard InChI is InChI=1S/C12H18BrN3O/c1-9-5-6-10(8-11(9)13)15-7-3-2-4-12(14)16-17/h5-6,8,15,17H,2-4,7H2,1H3,(H2,14,16). The number of oxime groups is 1. The van der Waals surface area contributed by atoms with Gasteiger partial charge in [0.25, 0.3) is 0 Å². The number of nitrogens with zero attached hydrogens (tertiary/aromatic N) is 1. The van der Waals surface area contributed by atoms with Crippen molar-refractivity contribution in [2.45, 2.75) is 26.2 Å². The van der Waals surface area contributed by atoms with Crippen molar-refractivity contribution in [3.8, 4) is 0 Å². The number of nitrogens with one attached hydrogen (secondary N) is 1. The minimum Gasteiger partial charge on any atom is -0.409 e. The van der Waals surface area contributed by atoms with Gasteiger partial charge < -0.3 is 16.3 Å². The molecule has 94 valence electrons. The SMILES string of the molecule is Cc1ccc(NCCCC/C(N)=N/O)cc1Br. The van der Waals surface area contributed by atoms with Crippen LogP contribution in [0.1, 0.15) is 24.8 Å². The summed E-state index contributed by atoms with van der Waals surface area (Å²) in [7, 11) is 0. The Bertz CT molecular complexity index is 393. The molecule has 4 nitrogen and oxygen atoms in total. The van der Waals surface area contributed by atoms with Gasteiger partial charge in [-0.15, -0.1) is 0 Å². The van der Waals surface area contributed by atoms with Gasteiger partial charge in [-0.05, 0) is 37.5 Å². The number of unbranched alkanes of at least 4 members (excludes halogenated alkanes) is 1. The Labute approximate surface area is 110 Å². The number of nitrogens with two attached hydrogens (primary N) is 1. The quantitative estimate of drug-likeness (QED) is 0.248. The van der Waals surface area contributed by atoms with Crippen LogP contribution in [0.5, 0.6) is 0 Å². The minimum atomic E-state index is 0.295. The Kier molecular flexibility index (Phi) is 5.83. The van der Waals surface area contributed by atoms with E-state index in [1.54, 1.807) is 0 Å². The van der Waals surface area contributed by atoms with Gasteiger partial charge >= 0.3 is 0 Å². The third-order valence-corrected chi connectivity index (χ3v) is 3.34. The van der Waals surface area contributed by atoms with E-state index in [1.807, 2.05) is 0 Å². The summed E-state index contributed by atoms with van der Waals surface area (Å²) in [6, 6.07) is 6.20. The van der Waals surface area contributed by atoms with Gasteiger partial charge in [0.05, 0.1) is 0 Å². The van der Waals surface area contributed by atoms with Crippen LogP contribution < -0.4 is 11.1 Å². The van der Waals surface area contributed by atoms with Crippen LogP contribution in [0.25, 0.3) is 0 Å². The minimum absolute atomic E-state index is 0.295. The summed E-state index contributed by atoms with van der Waals surface area (Å²) < 4.78 is 1.11. The number of hydrogen-bond acceptors (Lipinski definition) is 3. The number of rotatable bonds is 6. The molecule has 0 heterocycles. The largest absolute Gasteiger partial charge is 0.409 e. The molecule has 0 saturated carbocycles. The van der Waals surface area contributed by atoms with Gasteiger partial charge in [-0.3, -0.25) is 0 Å². The summed E-state index contributed by atoms with van der Waals surface area (Å²) in [6.45, 7) is 2.94. The molecule has 0 spiro atoms. The third-order valence-electron chi connectivity index (χ3n) is 2.49. The van der Waals surface area contributed by atoms with Crippen LogP contribution in [-0.2, 0) is 0 Å². The first-order valence-electron chi connectivity index (χ1n) is 5.60. The van der Waals surface area contributed by atoms with Crippen molar-refractivity contribution < 1.29 is 5.21 Å². The third kappa shape index (κ3) is 5.08. The molecule has 0 atom stereocenters. The molecule has 0 aliphatic heterocycles. The van der Waals surface area contributed by atoms with E-state index < -0.39 is 0 Å². The number of hydrogen-bond donors (Lipinski definition) is 3. The Balaban J connectivity index is 2.24. The van der Waals surface area contributed by atoms with Gasteiger partial charge in [-0.2, -0.15) is 0 Å². The number of amidine groups is 1. The maximum absolute atomic E-state index is 8.37.